The lowest BCUT2D eigenvalue weighted by atomic mass is 10.00. The lowest BCUT2D eigenvalue weighted by Gasteiger charge is -2.29. The minimum Gasteiger partial charge on any atom is -0.370 e. The van der Waals surface area contributed by atoms with Crippen LogP contribution in [0.4, 0.5) is 0 Å². The van der Waals surface area contributed by atoms with Crippen LogP contribution in [-0.4, -0.2) is 44.3 Å². The maximum Gasteiger partial charge on any atom is 0.243 e. The predicted octanol–water partition coefficient (Wildman–Crippen LogP) is -0.628. The third-order valence-electron chi connectivity index (χ3n) is 2.95. The Labute approximate surface area is 97.6 Å². The number of hydrogen-bond acceptors (Lipinski definition) is 2. The lowest BCUT2D eigenvalue weighted by Crippen LogP contribution is -3.14. The minimum absolute atomic E-state index is 0.0954. The molecule has 0 radical (unpaired) electrons. The molecule has 0 aromatic heterocycles. The van der Waals surface area contributed by atoms with Gasteiger partial charge in [0.15, 0.2) is 0 Å². The molecule has 1 rings (SSSR count). The number of hydrogen-bond donors (Lipinski definition) is 2. The molecule has 0 unspecified atom stereocenters. The van der Waals surface area contributed by atoms with E-state index in [-0.39, 0.29) is 11.4 Å². The molecule has 1 saturated heterocycles. The normalized spacial score (nSPS) is 18.1. The van der Waals surface area contributed by atoms with E-state index >= 15 is 0 Å². The van der Waals surface area contributed by atoms with Crippen molar-refractivity contribution in [1.82, 2.24) is 5.32 Å². The molecule has 1 heterocycles. The molecule has 0 atom stereocenters. The second kappa shape index (κ2) is 6.01. The first-order valence-electron chi connectivity index (χ1n) is 5.89. The summed E-state index contributed by atoms with van der Waals surface area (Å²) in [4.78, 5) is 12.8. The van der Waals surface area contributed by atoms with Gasteiger partial charge in [0.25, 0.3) is 0 Å². The number of quaternary nitrogens is 1. The first kappa shape index (κ1) is 13.2. The number of rotatable bonds is 5. The summed E-state index contributed by atoms with van der Waals surface area (Å²) in [5.41, 5.74) is -0.156. The van der Waals surface area contributed by atoms with E-state index in [1.165, 1.54) is 6.08 Å². The first-order chi connectivity index (χ1) is 7.53. The zero-order valence-electron chi connectivity index (χ0n) is 10.3. The van der Waals surface area contributed by atoms with Crippen molar-refractivity contribution in [3.05, 3.63) is 12.7 Å². The van der Waals surface area contributed by atoms with Gasteiger partial charge in [-0.3, -0.25) is 4.79 Å². The molecule has 0 aliphatic carbocycles. The molecule has 1 amide bonds. The molecule has 4 nitrogen and oxygen atoms in total. The standard InChI is InChI=1S/C12H22N2O2/c1-4-11(15)13-12(2,3)5-6-14-7-9-16-10-8-14/h4H,1,5-10H2,2-3H3,(H,13,15)/p+1. The van der Waals surface area contributed by atoms with Crippen LogP contribution in [0.1, 0.15) is 20.3 Å². The van der Waals surface area contributed by atoms with Gasteiger partial charge in [-0.1, -0.05) is 6.58 Å². The van der Waals surface area contributed by atoms with Crippen molar-refractivity contribution in [3.8, 4) is 0 Å². The van der Waals surface area contributed by atoms with Crippen molar-refractivity contribution < 1.29 is 14.4 Å². The molecule has 1 aliphatic rings. The van der Waals surface area contributed by atoms with Crippen LogP contribution in [-0.2, 0) is 9.53 Å². The van der Waals surface area contributed by atoms with Crippen LogP contribution in [0.3, 0.4) is 0 Å². The van der Waals surface area contributed by atoms with Gasteiger partial charge >= 0.3 is 0 Å². The molecule has 92 valence electrons. The van der Waals surface area contributed by atoms with Crippen LogP contribution in [0, 0.1) is 0 Å². The number of ether oxygens (including phenoxy) is 1. The number of amides is 1. The average molecular weight is 227 g/mol. The Balaban J connectivity index is 2.28. The summed E-state index contributed by atoms with van der Waals surface area (Å²) in [5, 5.41) is 2.94. The van der Waals surface area contributed by atoms with E-state index < -0.39 is 0 Å². The smallest absolute Gasteiger partial charge is 0.243 e. The molecular weight excluding hydrogens is 204 g/mol. The molecule has 1 fully saturated rings. The Morgan fingerprint density at radius 3 is 2.69 bits per heavy atom. The highest BCUT2D eigenvalue weighted by atomic mass is 16.5. The van der Waals surface area contributed by atoms with E-state index in [0.717, 1.165) is 39.3 Å². The Bertz CT molecular complexity index is 245. The van der Waals surface area contributed by atoms with Crippen LogP contribution in [0.25, 0.3) is 0 Å². The topological polar surface area (TPSA) is 42.8 Å². The molecule has 16 heavy (non-hydrogen) atoms. The number of morpholine rings is 1. The van der Waals surface area contributed by atoms with Gasteiger partial charge in [-0.2, -0.15) is 0 Å². The van der Waals surface area contributed by atoms with Gasteiger partial charge in [0, 0.05) is 12.0 Å². The summed E-state index contributed by atoms with van der Waals surface area (Å²) in [5.74, 6) is -0.0954. The summed E-state index contributed by atoms with van der Waals surface area (Å²) in [6.45, 7) is 12.5. The molecule has 0 aromatic rings. The molecule has 0 saturated carbocycles. The van der Waals surface area contributed by atoms with E-state index in [4.69, 9.17) is 4.74 Å². The Morgan fingerprint density at radius 2 is 2.12 bits per heavy atom. The fourth-order valence-corrected chi connectivity index (χ4v) is 1.85. The van der Waals surface area contributed by atoms with Crippen LogP contribution in [0.2, 0.25) is 0 Å². The fraction of sp³-hybridized carbons (Fsp3) is 0.750. The van der Waals surface area contributed by atoms with Crippen molar-refractivity contribution in [2.24, 2.45) is 0 Å². The molecular formula is C12H23N2O2+. The van der Waals surface area contributed by atoms with Gasteiger partial charge in [-0.05, 0) is 19.9 Å². The monoisotopic (exact) mass is 227 g/mol. The Hall–Kier alpha value is -0.870. The van der Waals surface area contributed by atoms with Gasteiger partial charge in [-0.25, -0.2) is 0 Å². The highest BCUT2D eigenvalue weighted by molar-refractivity contribution is 5.87. The van der Waals surface area contributed by atoms with Crippen LogP contribution < -0.4 is 10.2 Å². The minimum atomic E-state index is -0.156. The maximum atomic E-state index is 11.2. The summed E-state index contributed by atoms with van der Waals surface area (Å²) in [6, 6.07) is 0. The van der Waals surface area contributed by atoms with Crippen molar-refractivity contribution in [3.63, 3.8) is 0 Å². The van der Waals surface area contributed by atoms with E-state index in [2.05, 4.69) is 11.9 Å². The van der Waals surface area contributed by atoms with Crippen molar-refractivity contribution >= 4 is 5.91 Å². The number of carbonyl (C=O) groups is 1. The zero-order valence-corrected chi connectivity index (χ0v) is 10.3. The van der Waals surface area contributed by atoms with E-state index in [1.54, 1.807) is 4.90 Å². The van der Waals surface area contributed by atoms with Crippen LogP contribution >= 0.6 is 0 Å². The number of nitrogens with one attached hydrogen (secondary N) is 2. The Morgan fingerprint density at radius 1 is 1.50 bits per heavy atom. The quantitative estimate of drug-likeness (QED) is 0.614. The van der Waals surface area contributed by atoms with E-state index in [0.29, 0.717) is 0 Å². The number of carbonyl (C=O) groups excluding carboxylic acids is 1. The van der Waals surface area contributed by atoms with E-state index in [1.807, 2.05) is 13.8 Å². The largest absolute Gasteiger partial charge is 0.370 e. The molecule has 0 aromatic carbocycles. The van der Waals surface area contributed by atoms with Gasteiger partial charge in [0.2, 0.25) is 5.91 Å². The maximum absolute atomic E-state index is 11.2. The van der Waals surface area contributed by atoms with Crippen molar-refractivity contribution in [2.45, 2.75) is 25.8 Å². The third-order valence-corrected chi connectivity index (χ3v) is 2.95. The zero-order chi connectivity index (χ0) is 12.0. The second-order valence-corrected chi connectivity index (χ2v) is 4.94. The third kappa shape index (κ3) is 4.77. The molecule has 2 N–H and O–H groups in total. The second-order valence-electron chi connectivity index (χ2n) is 4.94. The first-order valence-corrected chi connectivity index (χ1v) is 5.89. The van der Waals surface area contributed by atoms with Crippen molar-refractivity contribution in [1.29, 1.82) is 0 Å². The SMILES string of the molecule is C=CC(=O)NC(C)(C)CC[NH+]1CCOCC1. The molecule has 0 bridgehead atoms. The lowest BCUT2D eigenvalue weighted by molar-refractivity contribution is -0.908. The fourth-order valence-electron chi connectivity index (χ4n) is 1.85. The highest BCUT2D eigenvalue weighted by Crippen LogP contribution is 2.06. The molecule has 4 heteroatoms. The summed E-state index contributed by atoms with van der Waals surface area (Å²) < 4.78 is 5.31. The predicted molar refractivity (Wildman–Crippen MR) is 63.4 cm³/mol. The Kier molecular flexibility index (Phi) is 4.96. The van der Waals surface area contributed by atoms with Crippen LogP contribution in [0.15, 0.2) is 12.7 Å². The van der Waals surface area contributed by atoms with Gasteiger partial charge in [0.1, 0.15) is 13.1 Å². The highest BCUT2D eigenvalue weighted by Gasteiger charge is 2.22. The average Bonchev–Trinajstić information content (AvgIpc) is 2.27. The van der Waals surface area contributed by atoms with Crippen molar-refractivity contribution in [2.75, 3.05) is 32.8 Å². The van der Waals surface area contributed by atoms with Crippen LogP contribution in [0.5, 0.6) is 0 Å². The summed E-state index contributed by atoms with van der Waals surface area (Å²) in [7, 11) is 0. The van der Waals surface area contributed by atoms with E-state index in [9.17, 15) is 4.79 Å². The summed E-state index contributed by atoms with van der Waals surface area (Å²) >= 11 is 0. The van der Waals surface area contributed by atoms with Gasteiger partial charge < -0.3 is 15.0 Å². The van der Waals surface area contributed by atoms with Gasteiger partial charge in [-0.15, -0.1) is 0 Å². The summed E-state index contributed by atoms with van der Waals surface area (Å²) in [6.07, 6.45) is 2.30. The van der Waals surface area contributed by atoms with Gasteiger partial charge in [0.05, 0.1) is 19.8 Å². The molecule has 1 aliphatic heterocycles. The molecule has 0 spiro atoms.